The Bertz CT molecular complexity index is 428. The Hall–Kier alpha value is -1.61. The molecule has 1 aromatic heterocycles. The summed E-state index contributed by atoms with van der Waals surface area (Å²) in [5, 5.41) is 0. The molecule has 2 N–H and O–H groups in total. The van der Waals surface area contributed by atoms with Crippen LogP contribution in [0.25, 0.3) is 0 Å². The standard InChI is InChI=1S/C12H15N3/c1-10-2-4-11(5-3-10)7-15-8-12(6-13)14-9-15/h2-5,8-9H,6-7,13H2,1H3. The minimum absolute atomic E-state index is 0.501. The number of aromatic nitrogens is 2. The summed E-state index contributed by atoms with van der Waals surface area (Å²) < 4.78 is 2.05. The fraction of sp³-hybridized carbons (Fsp3) is 0.250. The molecule has 3 nitrogen and oxygen atoms in total. The van der Waals surface area contributed by atoms with Crippen molar-refractivity contribution in [3.63, 3.8) is 0 Å². The molecule has 3 heteroatoms. The fourth-order valence-electron chi connectivity index (χ4n) is 1.50. The highest BCUT2D eigenvalue weighted by Gasteiger charge is 1.97. The third kappa shape index (κ3) is 2.44. The molecule has 2 aromatic rings. The summed E-state index contributed by atoms with van der Waals surface area (Å²) >= 11 is 0. The van der Waals surface area contributed by atoms with E-state index >= 15 is 0 Å². The van der Waals surface area contributed by atoms with E-state index in [2.05, 4.69) is 36.2 Å². The maximum atomic E-state index is 5.50. The lowest BCUT2D eigenvalue weighted by atomic mass is 10.1. The van der Waals surface area contributed by atoms with Gasteiger partial charge in [-0.05, 0) is 12.5 Å². The van der Waals surface area contributed by atoms with Crippen molar-refractivity contribution in [3.05, 3.63) is 53.6 Å². The second-order valence-electron chi connectivity index (χ2n) is 3.73. The van der Waals surface area contributed by atoms with Gasteiger partial charge in [0.1, 0.15) is 0 Å². The number of imidazole rings is 1. The molecule has 2 rings (SSSR count). The Morgan fingerprint density at radius 3 is 2.60 bits per heavy atom. The molecule has 0 amide bonds. The maximum absolute atomic E-state index is 5.50. The number of aryl methyl sites for hydroxylation is 1. The van der Waals surface area contributed by atoms with Crippen LogP contribution in [0.15, 0.2) is 36.8 Å². The lowest BCUT2D eigenvalue weighted by Crippen LogP contribution is -1.98. The molecule has 78 valence electrons. The molecule has 0 atom stereocenters. The van der Waals surface area contributed by atoms with Gasteiger partial charge in [-0.25, -0.2) is 4.98 Å². The van der Waals surface area contributed by atoms with Crippen molar-refractivity contribution in [1.29, 1.82) is 0 Å². The SMILES string of the molecule is Cc1ccc(Cn2cnc(CN)c2)cc1. The average molecular weight is 201 g/mol. The van der Waals surface area contributed by atoms with Gasteiger partial charge >= 0.3 is 0 Å². The summed E-state index contributed by atoms with van der Waals surface area (Å²) in [5.41, 5.74) is 9.00. The summed E-state index contributed by atoms with van der Waals surface area (Å²) in [6.45, 7) is 3.45. The minimum atomic E-state index is 0.501. The first-order chi connectivity index (χ1) is 7.28. The molecule has 0 fully saturated rings. The Labute approximate surface area is 89.6 Å². The van der Waals surface area contributed by atoms with Gasteiger partial charge in [0.2, 0.25) is 0 Å². The van der Waals surface area contributed by atoms with Crippen molar-refractivity contribution in [2.45, 2.75) is 20.0 Å². The highest BCUT2D eigenvalue weighted by Crippen LogP contribution is 2.06. The second-order valence-corrected chi connectivity index (χ2v) is 3.73. The minimum Gasteiger partial charge on any atom is -0.333 e. The molecule has 15 heavy (non-hydrogen) atoms. The lowest BCUT2D eigenvalue weighted by Gasteiger charge is -2.02. The number of rotatable bonds is 3. The summed E-state index contributed by atoms with van der Waals surface area (Å²) in [7, 11) is 0. The van der Waals surface area contributed by atoms with Gasteiger partial charge in [0, 0.05) is 19.3 Å². The van der Waals surface area contributed by atoms with Crippen LogP contribution in [0.3, 0.4) is 0 Å². The summed E-state index contributed by atoms with van der Waals surface area (Å²) in [4.78, 5) is 4.19. The highest BCUT2D eigenvalue weighted by molar-refractivity contribution is 5.21. The van der Waals surface area contributed by atoms with Crippen LogP contribution < -0.4 is 5.73 Å². The zero-order valence-corrected chi connectivity index (χ0v) is 8.85. The molecule has 0 radical (unpaired) electrons. The van der Waals surface area contributed by atoms with E-state index in [0.717, 1.165) is 12.2 Å². The van der Waals surface area contributed by atoms with E-state index in [-0.39, 0.29) is 0 Å². The number of hydrogen-bond acceptors (Lipinski definition) is 2. The molecule has 0 aliphatic heterocycles. The zero-order valence-electron chi connectivity index (χ0n) is 8.85. The van der Waals surface area contributed by atoms with E-state index in [1.807, 2.05) is 17.1 Å². The molecular weight excluding hydrogens is 186 g/mol. The van der Waals surface area contributed by atoms with Gasteiger partial charge in [-0.2, -0.15) is 0 Å². The summed E-state index contributed by atoms with van der Waals surface area (Å²) in [6.07, 6.45) is 3.81. The van der Waals surface area contributed by atoms with Crippen LogP contribution in [0.5, 0.6) is 0 Å². The number of nitrogens with zero attached hydrogens (tertiary/aromatic N) is 2. The van der Waals surface area contributed by atoms with Crippen molar-refractivity contribution in [1.82, 2.24) is 9.55 Å². The van der Waals surface area contributed by atoms with Gasteiger partial charge < -0.3 is 10.3 Å². The summed E-state index contributed by atoms with van der Waals surface area (Å²) in [6, 6.07) is 8.51. The van der Waals surface area contributed by atoms with E-state index in [1.54, 1.807) is 0 Å². The zero-order chi connectivity index (χ0) is 10.7. The van der Waals surface area contributed by atoms with E-state index in [1.165, 1.54) is 11.1 Å². The number of nitrogens with two attached hydrogens (primary N) is 1. The molecular formula is C12H15N3. The van der Waals surface area contributed by atoms with Gasteiger partial charge in [-0.1, -0.05) is 29.8 Å². The molecule has 0 aliphatic rings. The third-order valence-electron chi connectivity index (χ3n) is 2.38. The molecule has 0 spiro atoms. The second kappa shape index (κ2) is 4.28. The first-order valence-electron chi connectivity index (χ1n) is 5.04. The van der Waals surface area contributed by atoms with Gasteiger partial charge in [-0.15, -0.1) is 0 Å². The van der Waals surface area contributed by atoms with Crippen molar-refractivity contribution in [2.24, 2.45) is 5.73 Å². The van der Waals surface area contributed by atoms with Crippen LogP contribution in [0, 0.1) is 6.92 Å². The molecule has 1 heterocycles. The molecule has 0 aliphatic carbocycles. The monoisotopic (exact) mass is 201 g/mol. The molecule has 0 bridgehead atoms. The topological polar surface area (TPSA) is 43.8 Å². The molecule has 0 saturated heterocycles. The van der Waals surface area contributed by atoms with Crippen LogP contribution in [0.1, 0.15) is 16.8 Å². The van der Waals surface area contributed by atoms with Gasteiger partial charge in [-0.3, -0.25) is 0 Å². The van der Waals surface area contributed by atoms with Gasteiger partial charge in [0.05, 0.1) is 12.0 Å². The van der Waals surface area contributed by atoms with Gasteiger partial charge in [0.15, 0.2) is 0 Å². The number of hydrogen-bond donors (Lipinski definition) is 1. The van der Waals surface area contributed by atoms with Crippen LogP contribution in [-0.2, 0) is 13.1 Å². The van der Waals surface area contributed by atoms with E-state index < -0.39 is 0 Å². The van der Waals surface area contributed by atoms with Crippen molar-refractivity contribution < 1.29 is 0 Å². The average Bonchev–Trinajstić information content (AvgIpc) is 2.69. The van der Waals surface area contributed by atoms with Crippen LogP contribution in [0.4, 0.5) is 0 Å². The Morgan fingerprint density at radius 2 is 2.00 bits per heavy atom. The molecule has 0 saturated carbocycles. The maximum Gasteiger partial charge on any atom is 0.0953 e. The Morgan fingerprint density at radius 1 is 1.27 bits per heavy atom. The van der Waals surface area contributed by atoms with E-state index in [9.17, 15) is 0 Å². The summed E-state index contributed by atoms with van der Waals surface area (Å²) in [5.74, 6) is 0. The predicted molar refractivity (Wildman–Crippen MR) is 60.4 cm³/mol. The van der Waals surface area contributed by atoms with Crippen LogP contribution >= 0.6 is 0 Å². The van der Waals surface area contributed by atoms with E-state index in [4.69, 9.17) is 5.73 Å². The normalized spacial score (nSPS) is 10.5. The largest absolute Gasteiger partial charge is 0.333 e. The Kier molecular flexibility index (Phi) is 2.83. The predicted octanol–water partition coefficient (Wildman–Crippen LogP) is 1.70. The molecule has 0 unspecified atom stereocenters. The highest BCUT2D eigenvalue weighted by atomic mass is 15.0. The molecule has 1 aromatic carbocycles. The van der Waals surface area contributed by atoms with Gasteiger partial charge in [0.25, 0.3) is 0 Å². The van der Waals surface area contributed by atoms with Crippen molar-refractivity contribution in [3.8, 4) is 0 Å². The number of benzene rings is 1. The van der Waals surface area contributed by atoms with E-state index in [0.29, 0.717) is 6.54 Å². The van der Waals surface area contributed by atoms with Crippen LogP contribution in [-0.4, -0.2) is 9.55 Å². The van der Waals surface area contributed by atoms with Crippen molar-refractivity contribution in [2.75, 3.05) is 0 Å². The first-order valence-corrected chi connectivity index (χ1v) is 5.04. The Balaban J connectivity index is 2.11. The first kappa shape index (κ1) is 9.93. The van der Waals surface area contributed by atoms with Crippen LogP contribution in [0.2, 0.25) is 0 Å². The fourth-order valence-corrected chi connectivity index (χ4v) is 1.50. The lowest BCUT2D eigenvalue weighted by molar-refractivity contribution is 0.796. The van der Waals surface area contributed by atoms with Crippen molar-refractivity contribution >= 4 is 0 Å². The quantitative estimate of drug-likeness (QED) is 0.821. The smallest absolute Gasteiger partial charge is 0.0953 e. The third-order valence-corrected chi connectivity index (χ3v) is 2.38.